The molecule has 0 bridgehead atoms. The number of nitrogens with two attached hydrogens (primary N) is 2. The number of aromatic hydroxyl groups is 1. The summed E-state index contributed by atoms with van der Waals surface area (Å²) in [5, 5.41) is 12.2. The molecule has 0 aromatic heterocycles. The lowest BCUT2D eigenvalue weighted by atomic mass is 9.91. The fourth-order valence-corrected chi connectivity index (χ4v) is 2.55. The standard InChI is InChI=1S/C15H23N3O2/c16-11-3-5-12(6-4-11)18-15(20)14(17)9-10-1-7-13(19)8-2-10/h1-2,7-8,11-12,14,19H,3-6,9,16-17H2,(H,18,20)/t11?,12?,14-/m0/s1. The normalized spacial score (nSPS) is 24.1. The van der Waals surface area contributed by atoms with Crippen LogP contribution in [0.4, 0.5) is 0 Å². The van der Waals surface area contributed by atoms with Gasteiger partial charge in [0.25, 0.3) is 0 Å². The first kappa shape index (κ1) is 14.8. The number of carbonyl (C=O) groups is 1. The second-order valence-corrected chi connectivity index (χ2v) is 5.60. The Bertz CT molecular complexity index is 439. The predicted octanol–water partition coefficient (Wildman–Crippen LogP) is 0.648. The number of phenols is 1. The highest BCUT2D eigenvalue weighted by molar-refractivity contribution is 5.82. The van der Waals surface area contributed by atoms with Crippen molar-refractivity contribution in [1.29, 1.82) is 0 Å². The van der Waals surface area contributed by atoms with E-state index in [0.717, 1.165) is 31.2 Å². The fourth-order valence-electron chi connectivity index (χ4n) is 2.55. The molecule has 1 aliphatic rings. The van der Waals surface area contributed by atoms with Gasteiger partial charge in [0.05, 0.1) is 6.04 Å². The van der Waals surface area contributed by atoms with Gasteiger partial charge in [-0.2, -0.15) is 0 Å². The molecule has 5 heteroatoms. The van der Waals surface area contributed by atoms with Crippen molar-refractivity contribution in [2.45, 2.75) is 50.2 Å². The summed E-state index contributed by atoms with van der Waals surface area (Å²) in [6.07, 6.45) is 4.24. The zero-order chi connectivity index (χ0) is 14.5. The largest absolute Gasteiger partial charge is 0.508 e. The molecule has 0 heterocycles. The van der Waals surface area contributed by atoms with Crippen LogP contribution in [0.15, 0.2) is 24.3 Å². The minimum atomic E-state index is -0.560. The molecule has 1 fully saturated rings. The zero-order valence-corrected chi connectivity index (χ0v) is 11.6. The molecule has 1 saturated carbocycles. The van der Waals surface area contributed by atoms with Crippen LogP contribution in [0.2, 0.25) is 0 Å². The van der Waals surface area contributed by atoms with E-state index in [1.807, 2.05) is 0 Å². The molecule has 1 aromatic rings. The lowest BCUT2D eigenvalue weighted by molar-refractivity contribution is -0.123. The maximum atomic E-state index is 12.0. The molecule has 110 valence electrons. The molecule has 1 atom stereocenters. The van der Waals surface area contributed by atoms with Crippen LogP contribution in [0.5, 0.6) is 5.75 Å². The topological polar surface area (TPSA) is 101 Å². The zero-order valence-electron chi connectivity index (χ0n) is 11.6. The van der Waals surface area contributed by atoms with Gasteiger partial charge in [-0.15, -0.1) is 0 Å². The Morgan fingerprint density at radius 1 is 1.25 bits per heavy atom. The summed E-state index contributed by atoms with van der Waals surface area (Å²) in [5.41, 5.74) is 12.7. The van der Waals surface area contributed by atoms with Gasteiger partial charge < -0.3 is 21.9 Å². The van der Waals surface area contributed by atoms with E-state index in [2.05, 4.69) is 5.32 Å². The van der Waals surface area contributed by atoms with Crippen molar-refractivity contribution in [1.82, 2.24) is 5.32 Å². The first-order valence-electron chi connectivity index (χ1n) is 7.14. The number of hydrogen-bond acceptors (Lipinski definition) is 4. The predicted molar refractivity (Wildman–Crippen MR) is 78.2 cm³/mol. The lowest BCUT2D eigenvalue weighted by Crippen LogP contribution is -2.48. The van der Waals surface area contributed by atoms with E-state index in [-0.39, 0.29) is 23.7 Å². The molecule has 1 amide bonds. The van der Waals surface area contributed by atoms with Crippen molar-refractivity contribution in [2.75, 3.05) is 0 Å². The molecule has 2 rings (SSSR count). The van der Waals surface area contributed by atoms with Crippen molar-refractivity contribution in [3.8, 4) is 5.75 Å². The third kappa shape index (κ3) is 4.21. The van der Waals surface area contributed by atoms with Crippen LogP contribution in [0.3, 0.4) is 0 Å². The van der Waals surface area contributed by atoms with Crippen LogP contribution < -0.4 is 16.8 Å². The number of phenolic OH excluding ortho intramolecular Hbond substituents is 1. The van der Waals surface area contributed by atoms with Crippen molar-refractivity contribution >= 4 is 5.91 Å². The smallest absolute Gasteiger partial charge is 0.237 e. The molecular formula is C15H23N3O2. The molecule has 6 N–H and O–H groups in total. The van der Waals surface area contributed by atoms with E-state index in [1.54, 1.807) is 24.3 Å². The van der Waals surface area contributed by atoms with Gasteiger partial charge in [-0.3, -0.25) is 4.79 Å². The number of nitrogens with one attached hydrogen (secondary N) is 1. The Kier molecular flexibility index (Phi) is 4.98. The number of hydrogen-bond donors (Lipinski definition) is 4. The van der Waals surface area contributed by atoms with E-state index >= 15 is 0 Å². The summed E-state index contributed by atoms with van der Waals surface area (Å²) in [4.78, 5) is 12.0. The summed E-state index contributed by atoms with van der Waals surface area (Å²) >= 11 is 0. The van der Waals surface area contributed by atoms with E-state index in [4.69, 9.17) is 11.5 Å². The summed E-state index contributed by atoms with van der Waals surface area (Å²) in [6, 6.07) is 6.67. The third-order valence-electron chi connectivity index (χ3n) is 3.85. The second-order valence-electron chi connectivity index (χ2n) is 5.60. The lowest BCUT2D eigenvalue weighted by Gasteiger charge is -2.27. The average molecular weight is 277 g/mol. The van der Waals surface area contributed by atoms with E-state index in [1.165, 1.54) is 0 Å². The molecule has 0 unspecified atom stereocenters. The minimum absolute atomic E-state index is 0.112. The molecule has 5 nitrogen and oxygen atoms in total. The summed E-state index contributed by atoms with van der Waals surface area (Å²) in [7, 11) is 0. The Morgan fingerprint density at radius 2 is 1.85 bits per heavy atom. The van der Waals surface area contributed by atoms with Crippen molar-refractivity contribution in [3.05, 3.63) is 29.8 Å². The quantitative estimate of drug-likeness (QED) is 0.649. The first-order valence-corrected chi connectivity index (χ1v) is 7.14. The fraction of sp³-hybridized carbons (Fsp3) is 0.533. The number of carbonyl (C=O) groups excluding carboxylic acids is 1. The maximum Gasteiger partial charge on any atom is 0.237 e. The van der Waals surface area contributed by atoms with Crippen LogP contribution in [0.1, 0.15) is 31.2 Å². The third-order valence-corrected chi connectivity index (χ3v) is 3.85. The number of amides is 1. The van der Waals surface area contributed by atoms with Crippen LogP contribution in [-0.2, 0) is 11.2 Å². The van der Waals surface area contributed by atoms with Crippen LogP contribution >= 0.6 is 0 Å². The van der Waals surface area contributed by atoms with Gasteiger partial charge in [0.15, 0.2) is 0 Å². The van der Waals surface area contributed by atoms with Crippen LogP contribution in [-0.4, -0.2) is 29.1 Å². The Hall–Kier alpha value is -1.59. The van der Waals surface area contributed by atoms with Gasteiger partial charge in [-0.25, -0.2) is 0 Å². The van der Waals surface area contributed by atoms with Gasteiger partial charge in [0, 0.05) is 12.1 Å². The van der Waals surface area contributed by atoms with Crippen molar-refractivity contribution in [2.24, 2.45) is 11.5 Å². The van der Waals surface area contributed by atoms with Crippen molar-refractivity contribution < 1.29 is 9.90 Å². The minimum Gasteiger partial charge on any atom is -0.508 e. The summed E-state index contributed by atoms with van der Waals surface area (Å²) in [6.45, 7) is 0. The monoisotopic (exact) mass is 277 g/mol. The summed E-state index contributed by atoms with van der Waals surface area (Å²) in [5.74, 6) is 0.101. The maximum absolute atomic E-state index is 12.0. The Balaban J connectivity index is 1.81. The van der Waals surface area contributed by atoms with E-state index < -0.39 is 6.04 Å². The van der Waals surface area contributed by atoms with Gasteiger partial charge in [-0.1, -0.05) is 12.1 Å². The Morgan fingerprint density at radius 3 is 2.45 bits per heavy atom. The van der Waals surface area contributed by atoms with Crippen LogP contribution in [0.25, 0.3) is 0 Å². The molecule has 0 spiro atoms. The molecular weight excluding hydrogens is 254 g/mol. The average Bonchev–Trinajstić information content (AvgIpc) is 2.44. The molecule has 20 heavy (non-hydrogen) atoms. The van der Waals surface area contributed by atoms with Gasteiger partial charge in [-0.05, 0) is 49.8 Å². The second kappa shape index (κ2) is 6.72. The van der Waals surface area contributed by atoms with E-state index in [9.17, 15) is 9.90 Å². The highest BCUT2D eigenvalue weighted by Gasteiger charge is 2.22. The molecule has 0 radical (unpaired) electrons. The molecule has 0 aliphatic heterocycles. The van der Waals surface area contributed by atoms with Gasteiger partial charge in [0.1, 0.15) is 5.75 Å². The van der Waals surface area contributed by atoms with Gasteiger partial charge in [0.2, 0.25) is 5.91 Å². The van der Waals surface area contributed by atoms with Gasteiger partial charge >= 0.3 is 0 Å². The molecule has 1 aliphatic carbocycles. The number of benzene rings is 1. The number of rotatable bonds is 4. The van der Waals surface area contributed by atoms with E-state index in [0.29, 0.717) is 6.42 Å². The molecule has 0 saturated heterocycles. The van der Waals surface area contributed by atoms with Crippen LogP contribution in [0, 0.1) is 0 Å². The SMILES string of the molecule is NC1CCC(NC(=O)[C@@H](N)Cc2ccc(O)cc2)CC1. The highest BCUT2D eigenvalue weighted by atomic mass is 16.3. The summed E-state index contributed by atoms with van der Waals surface area (Å²) < 4.78 is 0. The highest BCUT2D eigenvalue weighted by Crippen LogP contribution is 2.17. The van der Waals surface area contributed by atoms with Crippen molar-refractivity contribution in [3.63, 3.8) is 0 Å². The first-order chi connectivity index (χ1) is 9.54. The molecule has 1 aromatic carbocycles. The Labute approximate surface area is 119 Å².